The number of hydrogen-bond donors (Lipinski definition) is 0. The normalized spacial score (nSPS) is 10.3. The lowest BCUT2D eigenvalue weighted by molar-refractivity contribution is -0.384. The second kappa shape index (κ2) is 9.92. The van der Waals surface area contributed by atoms with Crippen molar-refractivity contribution >= 4 is 35.0 Å². The van der Waals surface area contributed by atoms with E-state index in [9.17, 15) is 19.7 Å². The molecule has 2 rings (SSSR count). The summed E-state index contributed by atoms with van der Waals surface area (Å²) in [6.45, 7) is -0.0600. The van der Waals surface area contributed by atoms with Crippen LogP contribution in [0.5, 0.6) is 0 Å². The van der Waals surface area contributed by atoms with E-state index in [4.69, 9.17) is 4.74 Å². The molecule has 0 saturated heterocycles. The fourth-order valence-corrected chi connectivity index (χ4v) is 3.00. The zero-order chi connectivity index (χ0) is 21.6. The molecule has 0 aliphatic heterocycles. The van der Waals surface area contributed by atoms with Crippen LogP contribution in [0.25, 0.3) is 0 Å². The topological polar surface area (TPSA) is 93.0 Å². The maximum absolute atomic E-state index is 12.3. The van der Waals surface area contributed by atoms with Gasteiger partial charge in [0, 0.05) is 38.6 Å². The van der Waals surface area contributed by atoms with Gasteiger partial charge in [-0.15, -0.1) is 11.8 Å². The molecule has 0 radical (unpaired) electrons. The van der Waals surface area contributed by atoms with Crippen molar-refractivity contribution in [1.29, 1.82) is 0 Å². The highest BCUT2D eigenvalue weighted by Gasteiger charge is 2.20. The van der Waals surface area contributed by atoms with Crippen LogP contribution in [0.3, 0.4) is 0 Å². The second-order valence-electron chi connectivity index (χ2n) is 6.53. The number of ether oxygens (including phenoxy) is 1. The SMILES string of the molecule is CSc1ccc(CN(C)C(=O)COC(=O)c2ccc(N(C)C)c([N+](=O)[O-])c2)cc1. The molecule has 9 heteroatoms. The van der Waals surface area contributed by atoms with Crippen molar-refractivity contribution in [1.82, 2.24) is 4.90 Å². The molecule has 154 valence electrons. The van der Waals surface area contributed by atoms with E-state index >= 15 is 0 Å². The van der Waals surface area contributed by atoms with Crippen LogP contribution in [0.1, 0.15) is 15.9 Å². The molecule has 0 atom stereocenters. The quantitative estimate of drug-likeness (QED) is 0.282. The third-order valence-corrected chi connectivity index (χ3v) is 4.96. The molecule has 0 aliphatic carbocycles. The molecule has 2 aromatic rings. The average Bonchev–Trinajstić information content (AvgIpc) is 2.71. The smallest absolute Gasteiger partial charge is 0.338 e. The number of amides is 1. The van der Waals surface area contributed by atoms with Crippen molar-refractivity contribution in [2.24, 2.45) is 0 Å². The first-order valence-electron chi connectivity index (χ1n) is 8.72. The minimum Gasteiger partial charge on any atom is -0.452 e. The van der Waals surface area contributed by atoms with E-state index in [2.05, 4.69) is 0 Å². The van der Waals surface area contributed by atoms with Crippen LogP contribution in [0, 0.1) is 10.1 Å². The molecule has 0 unspecified atom stereocenters. The summed E-state index contributed by atoms with van der Waals surface area (Å²) in [5.74, 6) is -1.16. The minimum absolute atomic E-state index is 0.0189. The van der Waals surface area contributed by atoms with E-state index in [0.29, 0.717) is 12.2 Å². The highest BCUT2D eigenvalue weighted by atomic mass is 32.2. The number of benzene rings is 2. The van der Waals surface area contributed by atoms with E-state index < -0.39 is 17.5 Å². The van der Waals surface area contributed by atoms with Crippen LogP contribution in [0.15, 0.2) is 47.4 Å². The number of hydrogen-bond acceptors (Lipinski definition) is 7. The summed E-state index contributed by atoms with van der Waals surface area (Å²) in [6.07, 6.45) is 1.99. The number of anilines is 1. The van der Waals surface area contributed by atoms with Crippen LogP contribution < -0.4 is 4.90 Å². The van der Waals surface area contributed by atoms with Gasteiger partial charge in [-0.2, -0.15) is 0 Å². The highest BCUT2D eigenvalue weighted by Crippen LogP contribution is 2.28. The van der Waals surface area contributed by atoms with Gasteiger partial charge in [0.1, 0.15) is 5.69 Å². The van der Waals surface area contributed by atoms with Gasteiger partial charge < -0.3 is 14.5 Å². The molecule has 0 spiro atoms. The summed E-state index contributed by atoms with van der Waals surface area (Å²) in [5, 5.41) is 11.2. The van der Waals surface area contributed by atoms with E-state index in [1.165, 1.54) is 17.0 Å². The summed E-state index contributed by atoms with van der Waals surface area (Å²) in [5.41, 5.74) is 1.14. The number of nitro benzene ring substituents is 1. The second-order valence-corrected chi connectivity index (χ2v) is 7.41. The Bertz CT molecular complexity index is 899. The number of likely N-dealkylation sites (N-methyl/N-ethyl adjacent to an activating group) is 1. The molecule has 0 N–H and O–H groups in total. The summed E-state index contributed by atoms with van der Waals surface area (Å²) in [7, 11) is 4.96. The van der Waals surface area contributed by atoms with Gasteiger partial charge in [-0.3, -0.25) is 14.9 Å². The largest absolute Gasteiger partial charge is 0.452 e. The van der Waals surface area contributed by atoms with Crippen LogP contribution in [0.2, 0.25) is 0 Å². The van der Waals surface area contributed by atoms with Crippen LogP contribution in [-0.4, -0.2) is 55.7 Å². The zero-order valence-electron chi connectivity index (χ0n) is 16.7. The standard InChI is InChI=1S/C20H23N3O5S/c1-21(2)17-10-7-15(11-18(17)23(26)27)20(25)28-13-19(24)22(3)12-14-5-8-16(29-4)9-6-14/h5-11H,12-13H2,1-4H3. The zero-order valence-corrected chi connectivity index (χ0v) is 17.6. The van der Waals surface area contributed by atoms with Gasteiger partial charge in [-0.1, -0.05) is 12.1 Å². The summed E-state index contributed by atoms with van der Waals surface area (Å²) < 4.78 is 5.05. The van der Waals surface area contributed by atoms with Gasteiger partial charge in [0.15, 0.2) is 6.61 Å². The Morgan fingerprint density at radius 1 is 1.10 bits per heavy atom. The maximum Gasteiger partial charge on any atom is 0.338 e. The van der Waals surface area contributed by atoms with Gasteiger partial charge in [0.2, 0.25) is 0 Å². The molecular formula is C20H23N3O5S. The Kier molecular flexibility index (Phi) is 7.60. The number of nitro groups is 1. The number of rotatable bonds is 8. The fraction of sp³-hybridized carbons (Fsp3) is 0.300. The van der Waals surface area contributed by atoms with Gasteiger partial charge in [-0.05, 0) is 36.1 Å². The lowest BCUT2D eigenvalue weighted by atomic mass is 10.1. The molecule has 0 aliphatic rings. The number of carbonyl (C=O) groups is 2. The van der Waals surface area contributed by atoms with E-state index in [0.717, 1.165) is 16.5 Å². The Morgan fingerprint density at radius 2 is 1.76 bits per heavy atom. The Hall–Kier alpha value is -3.07. The van der Waals surface area contributed by atoms with Crippen molar-refractivity contribution in [3.05, 3.63) is 63.7 Å². The van der Waals surface area contributed by atoms with Gasteiger partial charge in [-0.25, -0.2) is 4.79 Å². The predicted octanol–water partition coefficient (Wildman–Crippen LogP) is 3.20. The Morgan fingerprint density at radius 3 is 2.31 bits per heavy atom. The van der Waals surface area contributed by atoms with Crippen molar-refractivity contribution < 1.29 is 19.2 Å². The maximum atomic E-state index is 12.3. The van der Waals surface area contributed by atoms with Gasteiger partial charge in [0.25, 0.3) is 11.6 Å². The van der Waals surface area contributed by atoms with Gasteiger partial charge in [0.05, 0.1) is 10.5 Å². The van der Waals surface area contributed by atoms with E-state index in [-0.39, 0.29) is 17.2 Å². The van der Waals surface area contributed by atoms with Crippen molar-refractivity contribution in [2.45, 2.75) is 11.4 Å². The Labute approximate surface area is 173 Å². The molecule has 0 fully saturated rings. The lowest BCUT2D eigenvalue weighted by Crippen LogP contribution is -2.30. The first-order chi connectivity index (χ1) is 13.7. The van der Waals surface area contributed by atoms with Crippen LogP contribution in [0.4, 0.5) is 11.4 Å². The summed E-state index contributed by atoms with van der Waals surface area (Å²) >= 11 is 1.63. The van der Waals surface area contributed by atoms with Crippen LogP contribution in [-0.2, 0) is 16.1 Å². The fourth-order valence-electron chi connectivity index (χ4n) is 2.59. The molecular weight excluding hydrogens is 394 g/mol. The minimum atomic E-state index is -0.788. The molecule has 0 aromatic heterocycles. The monoisotopic (exact) mass is 417 g/mol. The molecule has 8 nitrogen and oxygen atoms in total. The molecule has 0 bridgehead atoms. The first kappa shape index (κ1) is 22.2. The first-order valence-corrected chi connectivity index (χ1v) is 9.95. The third kappa shape index (κ3) is 5.95. The van der Waals surface area contributed by atoms with E-state index in [1.807, 2.05) is 30.5 Å². The number of nitrogens with zero attached hydrogens (tertiary/aromatic N) is 3. The van der Waals surface area contributed by atoms with E-state index in [1.54, 1.807) is 37.8 Å². The number of esters is 1. The molecule has 0 heterocycles. The van der Waals surface area contributed by atoms with Crippen molar-refractivity contribution in [3.8, 4) is 0 Å². The van der Waals surface area contributed by atoms with Crippen molar-refractivity contribution in [2.75, 3.05) is 38.9 Å². The third-order valence-electron chi connectivity index (χ3n) is 4.22. The Balaban J connectivity index is 1.97. The molecule has 1 amide bonds. The predicted molar refractivity (Wildman–Crippen MR) is 112 cm³/mol. The van der Waals surface area contributed by atoms with Gasteiger partial charge >= 0.3 is 5.97 Å². The van der Waals surface area contributed by atoms with Crippen molar-refractivity contribution in [3.63, 3.8) is 0 Å². The summed E-state index contributed by atoms with van der Waals surface area (Å²) in [4.78, 5) is 39.3. The molecule has 0 saturated carbocycles. The molecule has 29 heavy (non-hydrogen) atoms. The lowest BCUT2D eigenvalue weighted by Gasteiger charge is -2.17. The number of thioether (sulfide) groups is 1. The van der Waals surface area contributed by atoms with Crippen LogP contribution >= 0.6 is 11.8 Å². The summed E-state index contributed by atoms with van der Waals surface area (Å²) in [6, 6.07) is 11.9. The highest BCUT2D eigenvalue weighted by molar-refractivity contribution is 7.98. The number of carbonyl (C=O) groups excluding carboxylic acids is 2. The molecule has 2 aromatic carbocycles. The average molecular weight is 417 g/mol.